The van der Waals surface area contributed by atoms with Gasteiger partial charge in [0.05, 0.1) is 14.2 Å². The van der Waals surface area contributed by atoms with Crippen LogP contribution >= 0.6 is 0 Å². The van der Waals surface area contributed by atoms with Crippen LogP contribution in [0.15, 0.2) is 36.4 Å². The standard InChI is InChI=1S/C17H19NO3/c1-19-12-6-7-14(16(9-12)20-2)15-5-3-4-11-8-13(10-18)21-17(11)15/h3-7,9,13H,8,10,18H2,1-2H3. The van der Waals surface area contributed by atoms with Gasteiger partial charge in [0.2, 0.25) is 0 Å². The Kier molecular flexibility index (Phi) is 3.71. The van der Waals surface area contributed by atoms with Gasteiger partial charge in [-0.25, -0.2) is 0 Å². The molecule has 4 heteroatoms. The summed E-state index contributed by atoms with van der Waals surface area (Å²) in [5.74, 6) is 2.45. The molecule has 0 spiro atoms. The minimum Gasteiger partial charge on any atom is -0.497 e. The van der Waals surface area contributed by atoms with Crippen LogP contribution in [0.2, 0.25) is 0 Å². The van der Waals surface area contributed by atoms with E-state index in [0.29, 0.717) is 6.54 Å². The second-order valence-electron chi connectivity index (χ2n) is 5.04. The van der Waals surface area contributed by atoms with Crippen LogP contribution < -0.4 is 19.9 Å². The maximum absolute atomic E-state index is 5.99. The maximum atomic E-state index is 5.99. The molecule has 3 rings (SSSR count). The molecule has 2 N–H and O–H groups in total. The van der Waals surface area contributed by atoms with Crippen LogP contribution in [0.4, 0.5) is 0 Å². The number of hydrogen-bond acceptors (Lipinski definition) is 4. The summed E-state index contributed by atoms with van der Waals surface area (Å²) in [5, 5.41) is 0. The Labute approximate surface area is 124 Å². The largest absolute Gasteiger partial charge is 0.497 e. The summed E-state index contributed by atoms with van der Waals surface area (Å²) >= 11 is 0. The van der Waals surface area contributed by atoms with E-state index in [1.807, 2.05) is 30.3 Å². The minimum atomic E-state index is 0.0605. The first-order chi connectivity index (χ1) is 10.3. The number of nitrogens with two attached hydrogens (primary N) is 1. The number of rotatable bonds is 4. The van der Waals surface area contributed by atoms with E-state index in [9.17, 15) is 0 Å². The highest BCUT2D eigenvalue weighted by Gasteiger charge is 2.25. The molecule has 0 aromatic heterocycles. The number of benzene rings is 2. The summed E-state index contributed by atoms with van der Waals surface area (Å²) in [4.78, 5) is 0. The maximum Gasteiger partial charge on any atom is 0.131 e. The Balaban J connectivity index is 2.09. The molecule has 0 aliphatic carbocycles. The number of para-hydroxylation sites is 1. The predicted molar refractivity (Wildman–Crippen MR) is 82.2 cm³/mol. The van der Waals surface area contributed by atoms with Crippen LogP contribution in [-0.4, -0.2) is 26.9 Å². The number of ether oxygens (including phenoxy) is 3. The molecule has 1 aliphatic rings. The van der Waals surface area contributed by atoms with Gasteiger partial charge in [-0.2, -0.15) is 0 Å². The van der Waals surface area contributed by atoms with Crippen molar-refractivity contribution in [3.63, 3.8) is 0 Å². The third kappa shape index (κ3) is 2.43. The van der Waals surface area contributed by atoms with Crippen molar-refractivity contribution in [2.24, 2.45) is 5.73 Å². The molecule has 1 heterocycles. The third-order valence-corrected chi connectivity index (χ3v) is 3.79. The molecule has 1 atom stereocenters. The summed E-state index contributed by atoms with van der Waals surface area (Å²) in [7, 11) is 3.30. The van der Waals surface area contributed by atoms with Crippen molar-refractivity contribution in [1.82, 2.24) is 0 Å². The summed E-state index contributed by atoms with van der Waals surface area (Å²) in [5.41, 5.74) is 8.95. The van der Waals surface area contributed by atoms with E-state index < -0.39 is 0 Å². The molecule has 2 aromatic rings. The number of hydrogen-bond donors (Lipinski definition) is 1. The summed E-state index contributed by atoms with van der Waals surface area (Å²) in [6.45, 7) is 0.522. The van der Waals surface area contributed by atoms with Crippen LogP contribution in [0.3, 0.4) is 0 Å². The lowest BCUT2D eigenvalue weighted by atomic mass is 9.99. The molecule has 0 radical (unpaired) electrons. The van der Waals surface area contributed by atoms with Crippen molar-refractivity contribution in [3.05, 3.63) is 42.0 Å². The lowest BCUT2D eigenvalue weighted by molar-refractivity contribution is 0.242. The second kappa shape index (κ2) is 5.66. The van der Waals surface area contributed by atoms with E-state index in [1.165, 1.54) is 5.56 Å². The van der Waals surface area contributed by atoms with Crippen molar-refractivity contribution in [3.8, 4) is 28.4 Å². The van der Waals surface area contributed by atoms with Crippen LogP contribution in [0.25, 0.3) is 11.1 Å². The van der Waals surface area contributed by atoms with Gasteiger partial charge in [-0.1, -0.05) is 18.2 Å². The lowest BCUT2D eigenvalue weighted by Gasteiger charge is -2.14. The molecule has 0 saturated carbocycles. The Morgan fingerprint density at radius 2 is 2.00 bits per heavy atom. The average Bonchev–Trinajstić information content (AvgIpc) is 2.97. The van der Waals surface area contributed by atoms with Crippen molar-refractivity contribution in [1.29, 1.82) is 0 Å². The topological polar surface area (TPSA) is 53.7 Å². The zero-order chi connectivity index (χ0) is 14.8. The molecule has 0 saturated heterocycles. The molecule has 0 amide bonds. The molecule has 1 aliphatic heterocycles. The Bertz CT molecular complexity index is 654. The van der Waals surface area contributed by atoms with Crippen molar-refractivity contribution >= 4 is 0 Å². The first kappa shape index (κ1) is 13.8. The van der Waals surface area contributed by atoms with Gasteiger partial charge in [0.25, 0.3) is 0 Å². The second-order valence-corrected chi connectivity index (χ2v) is 5.04. The van der Waals surface area contributed by atoms with E-state index in [4.69, 9.17) is 19.9 Å². The van der Waals surface area contributed by atoms with Gasteiger partial charge < -0.3 is 19.9 Å². The normalized spacial score (nSPS) is 16.2. The Morgan fingerprint density at radius 3 is 2.71 bits per heavy atom. The zero-order valence-corrected chi connectivity index (χ0v) is 12.3. The fraction of sp³-hybridized carbons (Fsp3) is 0.294. The minimum absolute atomic E-state index is 0.0605. The highest BCUT2D eigenvalue weighted by atomic mass is 16.5. The van der Waals surface area contributed by atoms with Gasteiger partial charge in [-0.15, -0.1) is 0 Å². The third-order valence-electron chi connectivity index (χ3n) is 3.79. The molecule has 110 valence electrons. The molecular weight excluding hydrogens is 266 g/mol. The van der Waals surface area contributed by atoms with E-state index in [1.54, 1.807) is 14.2 Å². The fourth-order valence-electron chi connectivity index (χ4n) is 2.70. The van der Waals surface area contributed by atoms with E-state index in [0.717, 1.165) is 34.8 Å². The molecule has 0 fully saturated rings. The van der Waals surface area contributed by atoms with Gasteiger partial charge in [0, 0.05) is 30.2 Å². The monoisotopic (exact) mass is 285 g/mol. The highest BCUT2D eigenvalue weighted by molar-refractivity contribution is 5.78. The average molecular weight is 285 g/mol. The van der Waals surface area contributed by atoms with Gasteiger partial charge in [0.1, 0.15) is 23.4 Å². The zero-order valence-electron chi connectivity index (χ0n) is 12.3. The molecule has 0 bridgehead atoms. The van der Waals surface area contributed by atoms with Gasteiger partial charge in [0.15, 0.2) is 0 Å². The molecule has 21 heavy (non-hydrogen) atoms. The van der Waals surface area contributed by atoms with Crippen molar-refractivity contribution in [2.45, 2.75) is 12.5 Å². The van der Waals surface area contributed by atoms with E-state index in [2.05, 4.69) is 6.07 Å². The van der Waals surface area contributed by atoms with Gasteiger partial charge in [-0.3, -0.25) is 0 Å². The van der Waals surface area contributed by atoms with E-state index >= 15 is 0 Å². The fourth-order valence-corrected chi connectivity index (χ4v) is 2.70. The van der Waals surface area contributed by atoms with Crippen molar-refractivity contribution in [2.75, 3.05) is 20.8 Å². The smallest absolute Gasteiger partial charge is 0.131 e. The molecular formula is C17H19NO3. The van der Waals surface area contributed by atoms with Crippen LogP contribution in [0.1, 0.15) is 5.56 Å². The van der Waals surface area contributed by atoms with Crippen molar-refractivity contribution < 1.29 is 14.2 Å². The molecule has 2 aromatic carbocycles. The van der Waals surface area contributed by atoms with Crippen LogP contribution in [0, 0.1) is 0 Å². The van der Waals surface area contributed by atoms with Crippen LogP contribution in [0.5, 0.6) is 17.2 Å². The summed E-state index contributed by atoms with van der Waals surface area (Å²) < 4.78 is 16.7. The quantitative estimate of drug-likeness (QED) is 0.938. The number of methoxy groups -OCH3 is 2. The van der Waals surface area contributed by atoms with Gasteiger partial charge in [-0.05, 0) is 17.7 Å². The molecule has 4 nitrogen and oxygen atoms in total. The lowest BCUT2D eigenvalue weighted by Crippen LogP contribution is -2.24. The van der Waals surface area contributed by atoms with E-state index in [-0.39, 0.29) is 6.10 Å². The first-order valence-corrected chi connectivity index (χ1v) is 6.97. The highest BCUT2D eigenvalue weighted by Crippen LogP contribution is 2.42. The SMILES string of the molecule is COc1ccc(-c2cccc3c2OC(CN)C3)c(OC)c1. The number of fused-ring (bicyclic) bond motifs is 1. The van der Waals surface area contributed by atoms with Crippen LogP contribution in [-0.2, 0) is 6.42 Å². The predicted octanol–water partition coefficient (Wildman–Crippen LogP) is 2.63. The van der Waals surface area contributed by atoms with Gasteiger partial charge >= 0.3 is 0 Å². The summed E-state index contributed by atoms with van der Waals surface area (Å²) in [6, 6.07) is 12.0. The summed E-state index contributed by atoms with van der Waals surface area (Å²) in [6.07, 6.45) is 0.920. The Hall–Kier alpha value is -2.20. The molecule has 1 unspecified atom stereocenters. The first-order valence-electron chi connectivity index (χ1n) is 6.97. The Morgan fingerprint density at radius 1 is 1.14 bits per heavy atom.